The molecule has 0 unspecified atom stereocenters. The Balaban J connectivity index is 1.62. The van der Waals surface area contributed by atoms with E-state index in [0.717, 1.165) is 11.4 Å². The fourth-order valence-corrected chi connectivity index (χ4v) is 3.08. The molecular formula is C22H18N4O4. The van der Waals surface area contributed by atoms with Crippen molar-refractivity contribution in [2.45, 2.75) is 0 Å². The van der Waals surface area contributed by atoms with Crippen molar-refractivity contribution >= 4 is 23.1 Å². The third kappa shape index (κ3) is 4.08. The van der Waals surface area contributed by atoms with Crippen LogP contribution >= 0.6 is 0 Å². The summed E-state index contributed by atoms with van der Waals surface area (Å²) >= 11 is 0. The minimum atomic E-state index is -0.744. The number of hydrogen-bond donors (Lipinski definition) is 0. The van der Waals surface area contributed by atoms with Gasteiger partial charge in [0.25, 0.3) is 0 Å². The summed E-state index contributed by atoms with van der Waals surface area (Å²) in [4.78, 5) is 28.0. The van der Waals surface area contributed by atoms with Gasteiger partial charge in [-0.15, -0.1) is 0 Å². The van der Waals surface area contributed by atoms with Crippen LogP contribution in [-0.4, -0.2) is 39.1 Å². The average molecular weight is 402 g/mol. The van der Waals surface area contributed by atoms with E-state index in [1.54, 1.807) is 48.2 Å². The zero-order valence-corrected chi connectivity index (χ0v) is 16.5. The van der Waals surface area contributed by atoms with Gasteiger partial charge >= 0.3 is 5.97 Å². The first-order chi connectivity index (χ1) is 14.5. The zero-order chi connectivity index (χ0) is 21.7. The molecule has 0 atom stereocenters. The van der Waals surface area contributed by atoms with E-state index >= 15 is 0 Å². The van der Waals surface area contributed by atoms with Crippen molar-refractivity contribution in [3.05, 3.63) is 65.5 Å². The number of carbonyl (C=O) groups excluding carboxylic acids is 2. The monoisotopic (exact) mass is 402 g/mol. The molecule has 2 aromatic carbocycles. The maximum Gasteiger partial charge on any atom is 0.344 e. The van der Waals surface area contributed by atoms with Crippen LogP contribution in [0.3, 0.4) is 0 Å². The quantitative estimate of drug-likeness (QED) is 0.412. The lowest BCUT2D eigenvalue weighted by Crippen LogP contribution is -2.28. The number of carbonyl (C=O) groups is 2. The van der Waals surface area contributed by atoms with Crippen molar-refractivity contribution in [2.75, 3.05) is 37.1 Å². The van der Waals surface area contributed by atoms with Crippen molar-refractivity contribution in [3.63, 3.8) is 0 Å². The van der Waals surface area contributed by atoms with Gasteiger partial charge in [0.05, 0.1) is 23.0 Å². The summed E-state index contributed by atoms with van der Waals surface area (Å²) in [7, 11) is 3.53. The molecule has 0 bridgehead atoms. The standard InChI is InChI=1S/C22H18N4O4/c1-25-18-5-3-4-6-19(18)26(2)22(25)17(12-24)20(27)13-30-21(28)14-29-16-9-7-15(11-23)8-10-16/h3-10H,13-14H2,1-2H3. The predicted molar refractivity (Wildman–Crippen MR) is 109 cm³/mol. The Labute approximate surface area is 173 Å². The first-order valence-electron chi connectivity index (χ1n) is 8.99. The third-order valence-electron chi connectivity index (χ3n) is 4.56. The molecule has 0 saturated heterocycles. The highest BCUT2D eigenvalue weighted by atomic mass is 16.6. The Morgan fingerprint density at radius 1 is 0.933 bits per heavy atom. The third-order valence-corrected chi connectivity index (χ3v) is 4.56. The lowest BCUT2D eigenvalue weighted by molar-refractivity contribution is -0.149. The van der Waals surface area contributed by atoms with Crippen LogP contribution in [0.5, 0.6) is 5.75 Å². The molecule has 0 fully saturated rings. The minimum Gasteiger partial charge on any atom is -0.482 e. The fourth-order valence-electron chi connectivity index (χ4n) is 3.08. The largest absolute Gasteiger partial charge is 0.482 e. The summed E-state index contributed by atoms with van der Waals surface area (Å²) in [5.74, 6) is -0.533. The molecule has 0 aromatic heterocycles. The number of anilines is 2. The summed E-state index contributed by atoms with van der Waals surface area (Å²) < 4.78 is 10.2. The molecule has 1 aliphatic heterocycles. The van der Waals surface area contributed by atoms with Crippen LogP contribution in [0.4, 0.5) is 11.4 Å². The predicted octanol–water partition coefficient (Wildman–Crippen LogP) is 2.37. The molecule has 8 nitrogen and oxygen atoms in total. The van der Waals surface area contributed by atoms with Gasteiger partial charge in [-0.3, -0.25) is 4.79 Å². The summed E-state index contributed by atoms with van der Waals surface area (Å²) in [6.07, 6.45) is 0. The number of fused-ring (bicyclic) bond motifs is 1. The number of para-hydroxylation sites is 2. The molecule has 8 heteroatoms. The average Bonchev–Trinajstić information content (AvgIpc) is 3.02. The normalized spacial score (nSPS) is 11.9. The highest BCUT2D eigenvalue weighted by Crippen LogP contribution is 2.40. The van der Waals surface area contributed by atoms with Crippen molar-refractivity contribution in [1.82, 2.24) is 0 Å². The second-order valence-corrected chi connectivity index (χ2v) is 6.43. The SMILES string of the molecule is CN1C(=C(C#N)C(=O)COC(=O)COc2ccc(C#N)cc2)N(C)c2ccccc21. The highest BCUT2D eigenvalue weighted by molar-refractivity contribution is 6.03. The van der Waals surface area contributed by atoms with Gasteiger partial charge in [-0.05, 0) is 36.4 Å². The summed E-state index contributed by atoms with van der Waals surface area (Å²) in [6, 6.07) is 17.7. The Kier molecular flexibility index (Phi) is 6.00. The van der Waals surface area contributed by atoms with Gasteiger partial charge in [-0.25, -0.2) is 4.79 Å². The van der Waals surface area contributed by atoms with Crippen molar-refractivity contribution < 1.29 is 19.1 Å². The van der Waals surface area contributed by atoms with Crippen LogP contribution in [0, 0.1) is 22.7 Å². The van der Waals surface area contributed by atoms with Gasteiger partial charge in [-0.1, -0.05) is 12.1 Å². The van der Waals surface area contributed by atoms with Crippen molar-refractivity contribution in [1.29, 1.82) is 10.5 Å². The maximum atomic E-state index is 12.6. The second kappa shape index (κ2) is 8.80. The molecule has 1 heterocycles. The smallest absolute Gasteiger partial charge is 0.344 e. The van der Waals surface area contributed by atoms with E-state index in [-0.39, 0.29) is 5.57 Å². The molecule has 0 N–H and O–H groups in total. The number of ether oxygens (including phenoxy) is 2. The van der Waals surface area contributed by atoms with Crippen LogP contribution < -0.4 is 14.5 Å². The molecule has 150 valence electrons. The molecule has 30 heavy (non-hydrogen) atoms. The summed E-state index contributed by atoms with van der Waals surface area (Å²) in [5, 5.41) is 18.3. The molecule has 0 radical (unpaired) electrons. The number of nitrogens with zero attached hydrogens (tertiary/aromatic N) is 4. The number of esters is 1. The first kappa shape index (κ1) is 20.4. The van der Waals surface area contributed by atoms with Gasteiger partial charge < -0.3 is 19.3 Å². The molecule has 3 rings (SSSR count). The van der Waals surface area contributed by atoms with E-state index in [2.05, 4.69) is 0 Å². The number of nitriles is 2. The Morgan fingerprint density at radius 2 is 1.53 bits per heavy atom. The van der Waals surface area contributed by atoms with E-state index in [4.69, 9.17) is 14.7 Å². The van der Waals surface area contributed by atoms with Gasteiger partial charge in [0, 0.05) is 14.1 Å². The van der Waals surface area contributed by atoms with Crippen molar-refractivity contribution in [2.24, 2.45) is 0 Å². The molecule has 0 saturated carbocycles. The van der Waals surface area contributed by atoms with Crippen molar-refractivity contribution in [3.8, 4) is 17.9 Å². The van der Waals surface area contributed by atoms with E-state index in [9.17, 15) is 14.9 Å². The van der Waals surface area contributed by atoms with E-state index in [1.165, 1.54) is 0 Å². The number of Topliss-reactive ketones (excluding diaryl/α,β-unsaturated/α-hetero) is 1. The lowest BCUT2D eigenvalue weighted by atomic mass is 10.2. The van der Waals surface area contributed by atoms with Crippen LogP contribution in [-0.2, 0) is 14.3 Å². The van der Waals surface area contributed by atoms with E-state index in [1.807, 2.05) is 36.4 Å². The van der Waals surface area contributed by atoms with E-state index in [0.29, 0.717) is 17.1 Å². The molecular weight excluding hydrogens is 384 g/mol. The highest BCUT2D eigenvalue weighted by Gasteiger charge is 2.31. The Bertz CT molecular complexity index is 1060. The number of ketones is 1. The Morgan fingerprint density at radius 3 is 2.07 bits per heavy atom. The van der Waals surface area contributed by atoms with Gasteiger partial charge in [-0.2, -0.15) is 10.5 Å². The fraction of sp³-hybridized carbons (Fsp3) is 0.182. The van der Waals surface area contributed by atoms with Gasteiger partial charge in [0.15, 0.2) is 13.2 Å². The molecule has 1 aliphatic rings. The van der Waals surface area contributed by atoms with Crippen LogP contribution in [0.25, 0.3) is 0 Å². The molecule has 2 aromatic rings. The second-order valence-electron chi connectivity index (χ2n) is 6.43. The summed E-state index contributed by atoms with van der Waals surface area (Å²) in [5.41, 5.74) is 2.10. The van der Waals surface area contributed by atoms with Crippen LogP contribution in [0.15, 0.2) is 59.9 Å². The first-order valence-corrected chi connectivity index (χ1v) is 8.99. The molecule has 0 spiro atoms. The maximum absolute atomic E-state index is 12.6. The Hall–Kier alpha value is -4.30. The van der Waals surface area contributed by atoms with E-state index < -0.39 is 25.0 Å². The number of rotatable bonds is 6. The number of hydrogen-bond acceptors (Lipinski definition) is 8. The topological polar surface area (TPSA) is 107 Å². The molecule has 0 aliphatic carbocycles. The van der Waals surface area contributed by atoms with Gasteiger partial charge in [0.1, 0.15) is 23.2 Å². The number of benzene rings is 2. The summed E-state index contributed by atoms with van der Waals surface area (Å²) in [6.45, 7) is -0.969. The zero-order valence-electron chi connectivity index (χ0n) is 16.5. The lowest BCUT2D eigenvalue weighted by Gasteiger charge is -2.19. The molecule has 0 amide bonds. The minimum absolute atomic E-state index is 0.1000. The van der Waals surface area contributed by atoms with Crippen LogP contribution in [0.2, 0.25) is 0 Å². The van der Waals surface area contributed by atoms with Crippen LogP contribution in [0.1, 0.15) is 5.56 Å². The van der Waals surface area contributed by atoms with Gasteiger partial charge in [0.2, 0.25) is 5.78 Å².